The molecule has 0 aliphatic heterocycles. The molecule has 0 aliphatic carbocycles. The van der Waals surface area contributed by atoms with Crippen LogP contribution in [0.2, 0.25) is 0 Å². The molecule has 0 spiro atoms. The molecular weight excluding hydrogens is 250 g/mol. The molecule has 20 heavy (non-hydrogen) atoms. The summed E-state index contributed by atoms with van der Waals surface area (Å²) in [6.45, 7) is 4.39. The number of carbonyl (C=O) groups is 1. The minimum absolute atomic E-state index is 0.273. The first-order chi connectivity index (χ1) is 9.34. The molecule has 0 aromatic heterocycles. The molecule has 0 saturated carbocycles. The van der Waals surface area contributed by atoms with Crippen molar-refractivity contribution in [1.82, 2.24) is 0 Å². The lowest BCUT2D eigenvalue weighted by Crippen LogP contribution is -2.53. The van der Waals surface area contributed by atoms with Crippen LogP contribution in [-0.2, 0) is 4.79 Å². The van der Waals surface area contributed by atoms with Gasteiger partial charge in [-0.05, 0) is 12.8 Å². The molecule has 0 rings (SSSR count). The third-order valence-electron chi connectivity index (χ3n) is 4.12. The van der Waals surface area contributed by atoms with E-state index in [0.29, 0.717) is 10.4 Å². The van der Waals surface area contributed by atoms with Crippen molar-refractivity contribution < 1.29 is 14.4 Å². The average Bonchev–Trinajstić information content (AvgIpc) is 2.31. The van der Waals surface area contributed by atoms with Crippen LogP contribution in [0.4, 0.5) is 0 Å². The molecule has 0 bridgehead atoms. The van der Waals surface area contributed by atoms with Crippen molar-refractivity contribution in [1.29, 1.82) is 0 Å². The third-order valence-corrected chi connectivity index (χ3v) is 4.12. The van der Waals surface area contributed by atoms with Gasteiger partial charge in [0.05, 0.1) is 21.1 Å². The summed E-state index contributed by atoms with van der Waals surface area (Å²) in [4.78, 5) is 11.6. The lowest BCUT2D eigenvalue weighted by Gasteiger charge is -2.36. The van der Waals surface area contributed by atoms with Crippen LogP contribution in [-0.4, -0.2) is 42.7 Å². The minimum atomic E-state index is -0.637. The first kappa shape index (κ1) is 19.4. The number of carboxylic acids is 1. The summed E-state index contributed by atoms with van der Waals surface area (Å²) in [5, 5.41) is 9.56. The highest BCUT2D eigenvalue weighted by atomic mass is 16.4. The van der Waals surface area contributed by atoms with Crippen molar-refractivity contribution in [2.75, 3.05) is 21.1 Å². The fourth-order valence-electron chi connectivity index (χ4n) is 3.18. The molecule has 0 aliphatic rings. The van der Waals surface area contributed by atoms with E-state index in [-0.39, 0.29) is 6.04 Å². The molecule has 2 unspecified atom stereocenters. The molecule has 1 N–H and O–H groups in total. The van der Waals surface area contributed by atoms with E-state index in [1.54, 1.807) is 0 Å². The molecule has 3 heteroatoms. The molecule has 0 heterocycles. The van der Waals surface area contributed by atoms with E-state index in [4.69, 9.17) is 0 Å². The SMILES string of the molecule is CCCCCCCCC(CCC)C(C(=O)O)[N+](C)(C)C. The van der Waals surface area contributed by atoms with Gasteiger partial charge in [-0.25, -0.2) is 4.79 Å². The Morgan fingerprint density at radius 3 is 1.90 bits per heavy atom. The van der Waals surface area contributed by atoms with Gasteiger partial charge in [0.15, 0.2) is 6.04 Å². The topological polar surface area (TPSA) is 37.3 Å². The van der Waals surface area contributed by atoms with Crippen LogP contribution in [0, 0.1) is 5.92 Å². The largest absolute Gasteiger partial charge is 0.477 e. The number of nitrogens with zero attached hydrogens (tertiary/aromatic N) is 1. The maximum Gasteiger partial charge on any atom is 0.362 e. The van der Waals surface area contributed by atoms with Gasteiger partial charge in [-0.3, -0.25) is 0 Å². The van der Waals surface area contributed by atoms with Crippen molar-refractivity contribution in [2.24, 2.45) is 5.92 Å². The van der Waals surface area contributed by atoms with E-state index >= 15 is 0 Å². The Labute approximate surface area is 126 Å². The van der Waals surface area contributed by atoms with Crippen molar-refractivity contribution in [3.05, 3.63) is 0 Å². The van der Waals surface area contributed by atoms with Crippen LogP contribution in [0.1, 0.15) is 71.6 Å². The van der Waals surface area contributed by atoms with Gasteiger partial charge < -0.3 is 9.59 Å². The number of hydrogen-bond acceptors (Lipinski definition) is 1. The van der Waals surface area contributed by atoms with E-state index in [9.17, 15) is 9.90 Å². The Bertz CT molecular complexity index is 258. The monoisotopic (exact) mass is 286 g/mol. The molecule has 0 aromatic rings. The number of quaternary nitrogens is 1. The first-order valence-electron chi connectivity index (χ1n) is 8.38. The Balaban J connectivity index is 4.35. The van der Waals surface area contributed by atoms with Crippen LogP contribution in [0.25, 0.3) is 0 Å². The Kier molecular flexibility index (Phi) is 9.91. The van der Waals surface area contributed by atoms with E-state index < -0.39 is 5.97 Å². The summed E-state index contributed by atoms with van der Waals surface area (Å²) < 4.78 is 0.524. The molecule has 3 nitrogen and oxygen atoms in total. The highest BCUT2D eigenvalue weighted by molar-refractivity contribution is 5.72. The van der Waals surface area contributed by atoms with E-state index in [1.165, 1.54) is 38.5 Å². The predicted octanol–water partition coefficient (Wildman–Crippen LogP) is 4.31. The molecule has 0 fully saturated rings. The Morgan fingerprint density at radius 2 is 1.45 bits per heavy atom. The molecule has 2 atom stereocenters. The average molecular weight is 286 g/mol. The highest BCUT2D eigenvalue weighted by Gasteiger charge is 2.38. The second-order valence-electron chi connectivity index (χ2n) is 7.00. The Hall–Kier alpha value is -0.570. The lowest BCUT2D eigenvalue weighted by molar-refractivity contribution is -0.891. The second-order valence-corrected chi connectivity index (χ2v) is 7.00. The summed E-state index contributed by atoms with van der Waals surface area (Å²) in [5.74, 6) is -0.328. The number of rotatable bonds is 12. The minimum Gasteiger partial charge on any atom is -0.477 e. The number of unbranched alkanes of at least 4 members (excludes halogenated alkanes) is 5. The molecule has 0 radical (unpaired) electrons. The van der Waals surface area contributed by atoms with Gasteiger partial charge in [0, 0.05) is 5.92 Å². The number of likely N-dealkylation sites (N-methyl/N-ethyl adjacent to an activating group) is 1. The summed E-state index contributed by atoms with van der Waals surface area (Å²) in [6, 6.07) is -0.273. The number of carboxylic acid groups (broad SMARTS) is 1. The van der Waals surface area contributed by atoms with Crippen LogP contribution >= 0.6 is 0 Å². The van der Waals surface area contributed by atoms with Gasteiger partial charge in [0.25, 0.3) is 0 Å². The summed E-state index contributed by atoms with van der Waals surface area (Å²) in [5.41, 5.74) is 0. The van der Waals surface area contributed by atoms with Crippen LogP contribution in [0.15, 0.2) is 0 Å². The zero-order chi connectivity index (χ0) is 15.6. The van der Waals surface area contributed by atoms with Gasteiger partial charge in [-0.2, -0.15) is 0 Å². The predicted molar refractivity (Wildman–Crippen MR) is 85.8 cm³/mol. The van der Waals surface area contributed by atoms with Gasteiger partial charge >= 0.3 is 5.97 Å². The second kappa shape index (κ2) is 10.2. The summed E-state index contributed by atoms with van der Waals surface area (Å²) in [7, 11) is 6.01. The van der Waals surface area contributed by atoms with Crippen molar-refractivity contribution in [2.45, 2.75) is 77.7 Å². The van der Waals surface area contributed by atoms with Gasteiger partial charge in [0.2, 0.25) is 0 Å². The first-order valence-corrected chi connectivity index (χ1v) is 8.38. The van der Waals surface area contributed by atoms with Gasteiger partial charge in [-0.15, -0.1) is 0 Å². The summed E-state index contributed by atoms with van der Waals surface area (Å²) in [6.07, 6.45) is 10.8. The van der Waals surface area contributed by atoms with Crippen LogP contribution < -0.4 is 0 Å². The standard InChI is InChI=1S/C17H35NO2/c1-6-8-9-10-11-12-14-15(13-7-2)16(17(19)20)18(3,4)5/h15-16H,6-14H2,1-5H3/p+1. The van der Waals surface area contributed by atoms with E-state index in [1.807, 2.05) is 21.1 Å². The van der Waals surface area contributed by atoms with E-state index in [0.717, 1.165) is 19.3 Å². The normalized spacial score (nSPS) is 15.1. The zero-order valence-electron chi connectivity index (χ0n) is 14.3. The molecule has 120 valence electrons. The number of aliphatic carboxylic acids is 1. The van der Waals surface area contributed by atoms with Crippen molar-refractivity contribution in [3.8, 4) is 0 Å². The van der Waals surface area contributed by atoms with Gasteiger partial charge in [0.1, 0.15) is 0 Å². The molecule has 0 saturated heterocycles. The van der Waals surface area contributed by atoms with Crippen molar-refractivity contribution >= 4 is 5.97 Å². The van der Waals surface area contributed by atoms with Crippen LogP contribution in [0.5, 0.6) is 0 Å². The third kappa shape index (κ3) is 7.88. The number of hydrogen-bond donors (Lipinski definition) is 1. The van der Waals surface area contributed by atoms with Crippen LogP contribution in [0.3, 0.4) is 0 Å². The maximum atomic E-state index is 11.6. The molecule has 0 amide bonds. The lowest BCUT2D eigenvalue weighted by atomic mass is 9.87. The molecular formula is C17H36NO2+. The van der Waals surface area contributed by atoms with E-state index in [2.05, 4.69) is 13.8 Å². The zero-order valence-corrected chi connectivity index (χ0v) is 14.3. The maximum absolute atomic E-state index is 11.6. The summed E-state index contributed by atoms with van der Waals surface area (Å²) >= 11 is 0. The highest BCUT2D eigenvalue weighted by Crippen LogP contribution is 2.25. The smallest absolute Gasteiger partial charge is 0.362 e. The van der Waals surface area contributed by atoms with Gasteiger partial charge in [-0.1, -0.05) is 58.8 Å². The Morgan fingerprint density at radius 1 is 0.900 bits per heavy atom. The van der Waals surface area contributed by atoms with Crippen molar-refractivity contribution in [3.63, 3.8) is 0 Å². The molecule has 0 aromatic carbocycles. The fourth-order valence-corrected chi connectivity index (χ4v) is 3.18. The quantitative estimate of drug-likeness (QED) is 0.429. The fraction of sp³-hybridized carbons (Fsp3) is 0.941.